The third-order valence-electron chi connectivity index (χ3n) is 19.8. The van der Waals surface area contributed by atoms with Gasteiger partial charge < -0.3 is 146 Å². The van der Waals surface area contributed by atoms with Crippen LogP contribution in [0, 0.1) is 5.92 Å². The largest absolute Gasteiger partial charge is 0.480 e. The highest BCUT2D eigenvalue weighted by Crippen LogP contribution is 2.31. The van der Waals surface area contributed by atoms with Crippen LogP contribution in [0.3, 0.4) is 0 Å². The van der Waals surface area contributed by atoms with E-state index in [0.29, 0.717) is 111 Å². The molecule has 23 unspecified atom stereocenters. The van der Waals surface area contributed by atoms with Crippen LogP contribution >= 0.6 is 48.9 Å². The molecule has 0 bridgehead atoms. The topological polar surface area (TPSA) is 509 Å². The molecule has 32 nitrogen and oxygen atoms in total. The third-order valence-corrected chi connectivity index (χ3v) is 21.0. The minimum Gasteiger partial charge on any atom is -0.480 e. The Hall–Kier alpha value is -6.51. The highest BCUT2D eigenvalue weighted by molar-refractivity contribution is 7.81. The van der Waals surface area contributed by atoms with Gasteiger partial charge >= 0.3 is 5.97 Å². The monoisotopic (exact) mass is 1650 g/mol. The van der Waals surface area contributed by atoms with Crippen molar-refractivity contribution in [3.63, 3.8) is 0 Å². The van der Waals surface area contributed by atoms with Gasteiger partial charge in [-0.1, -0.05) is 117 Å². The van der Waals surface area contributed by atoms with Crippen LogP contribution in [0.15, 0.2) is 97.1 Å². The summed E-state index contributed by atoms with van der Waals surface area (Å²) in [6, 6.07) is 23.2. The number of aliphatic carboxylic acids is 1. The molecule has 0 saturated carbocycles. The number of aliphatic hydroxyl groups excluding tert-OH is 15. The number of aliphatic hydroxyl groups is 15. The molecule has 0 aliphatic carbocycles. The quantitative estimate of drug-likeness (QED) is 0.0183. The number of ether oxygens (including phenoxy) is 8. The zero-order valence-corrected chi connectivity index (χ0v) is 64.9. The van der Waals surface area contributed by atoms with Crippen LogP contribution < -0.4 is 45.5 Å². The van der Waals surface area contributed by atoms with Gasteiger partial charge in [-0.05, 0) is 133 Å². The molecule has 620 valence electrons. The predicted molar refractivity (Wildman–Crippen MR) is 417 cm³/mol. The number of hydrogen-bond acceptors (Lipinski definition) is 30. The Bertz CT molecular complexity index is 3620. The highest BCUT2D eigenvalue weighted by atomic mass is 32.1. The van der Waals surface area contributed by atoms with Crippen molar-refractivity contribution in [1.29, 1.82) is 0 Å². The first-order chi connectivity index (χ1) is 53.6. The second kappa shape index (κ2) is 45.1. The highest BCUT2D eigenvalue weighted by Gasteiger charge is 2.48. The number of carbonyl (C=O) groups excluding carboxylic acids is 2. The maximum Gasteiger partial charge on any atom is 0.326 e. The van der Waals surface area contributed by atoms with Crippen molar-refractivity contribution in [2.45, 2.75) is 238 Å². The maximum atomic E-state index is 14.8. The average Bonchev–Trinajstić information content (AvgIpc) is 0.823. The molecule has 4 aliphatic rings. The number of nitrogens with one attached hydrogen (secondary N) is 5. The molecule has 0 spiro atoms. The van der Waals surface area contributed by atoms with Crippen molar-refractivity contribution in [2.24, 2.45) is 5.92 Å². The first kappa shape index (κ1) is 91.0. The van der Waals surface area contributed by atoms with E-state index >= 15 is 0 Å². The number of thiocarbonyl (C=S) groups is 4. The van der Waals surface area contributed by atoms with E-state index in [9.17, 15) is 96.1 Å². The molecule has 0 aromatic heterocycles. The fourth-order valence-corrected chi connectivity index (χ4v) is 14.1. The van der Waals surface area contributed by atoms with Gasteiger partial charge in [-0.2, -0.15) is 0 Å². The summed E-state index contributed by atoms with van der Waals surface area (Å²) in [5.41, 5.74) is 3.11. The summed E-state index contributed by atoms with van der Waals surface area (Å²) in [7, 11) is 0. The average molecular weight is 1650 g/mol. The first-order valence-electron chi connectivity index (χ1n) is 37.3. The zero-order valence-electron chi connectivity index (χ0n) is 61.6. The molecule has 0 radical (unpaired) electrons. The Morgan fingerprint density at radius 1 is 0.366 bits per heavy atom. The van der Waals surface area contributed by atoms with Gasteiger partial charge in [0, 0.05) is 44.7 Å². The van der Waals surface area contributed by atoms with Crippen molar-refractivity contribution >= 4 is 86.5 Å². The molecule has 2 amide bonds. The molecule has 112 heavy (non-hydrogen) atoms. The number of carbonyl (C=O) groups is 3. The number of unbranched alkanes of at least 4 members (excludes halogenated alkanes) is 4. The van der Waals surface area contributed by atoms with E-state index in [-0.39, 0.29) is 42.2 Å². The first-order valence-corrected chi connectivity index (χ1v) is 39.0. The molecule has 8 rings (SSSR count). The van der Waals surface area contributed by atoms with E-state index in [1.807, 2.05) is 0 Å². The normalized spacial score (nSPS) is 28.6. The van der Waals surface area contributed by atoms with Crippen molar-refractivity contribution in [1.82, 2.24) is 26.6 Å². The molecule has 4 aromatic rings. The molecule has 4 aliphatic heterocycles. The Balaban J connectivity index is 0.893. The van der Waals surface area contributed by atoms with E-state index < -0.39 is 185 Å². The molecule has 21 N–H and O–H groups in total. The fraction of sp³-hybridized carbons (Fsp3) is 0.592. The van der Waals surface area contributed by atoms with Crippen molar-refractivity contribution in [3.8, 4) is 23.0 Å². The van der Waals surface area contributed by atoms with Gasteiger partial charge in [0.2, 0.25) is 37.0 Å². The Morgan fingerprint density at radius 3 is 1.03 bits per heavy atom. The third kappa shape index (κ3) is 26.8. The van der Waals surface area contributed by atoms with Gasteiger partial charge in [0.25, 0.3) is 0 Å². The van der Waals surface area contributed by atoms with Crippen LogP contribution in [-0.4, -0.2) is 294 Å². The van der Waals surface area contributed by atoms with Gasteiger partial charge in [0.05, 0.1) is 47.5 Å². The van der Waals surface area contributed by atoms with Gasteiger partial charge in [-0.15, -0.1) is 0 Å². The SMILES string of the molecule is CC1C(O)C(CO)OC(Oc2ccc(CC(=S)NCCCCC(NC(=O)C(CCCCNC(=S)Cc3ccc(OC4OC(CO)C(O)C(O)C4O)cc3)NC(=S)Cc3ccc(OC4OC(CO)C(O)C(O)C4O)cc3)C(=O)NC(CCCCCC(=S)Cc3ccc(OC4OC(CO)C(O)C(O)C4O)cc3)C(=O)O)cc2)C1O. The zero-order chi connectivity index (χ0) is 81.3. The minimum atomic E-state index is -1.67. The molecule has 4 fully saturated rings. The van der Waals surface area contributed by atoms with Crippen molar-refractivity contribution < 1.29 is 134 Å². The number of carboxylic acid groups (broad SMARTS) is 1. The molecule has 36 heteroatoms. The molecular weight excluding hydrogens is 1540 g/mol. The van der Waals surface area contributed by atoms with Crippen LogP contribution in [0.25, 0.3) is 0 Å². The predicted octanol–water partition coefficient (Wildman–Crippen LogP) is -1.22. The Kier molecular flexibility index (Phi) is 36.7. The smallest absolute Gasteiger partial charge is 0.326 e. The Morgan fingerprint density at radius 2 is 0.670 bits per heavy atom. The second-order valence-electron chi connectivity index (χ2n) is 28.3. The van der Waals surface area contributed by atoms with E-state index in [1.54, 1.807) is 104 Å². The lowest BCUT2D eigenvalue weighted by molar-refractivity contribution is -0.277. The summed E-state index contributed by atoms with van der Waals surface area (Å²) < 4.78 is 45.1. The van der Waals surface area contributed by atoms with E-state index in [2.05, 4.69) is 26.6 Å². The maximum absolute atomic E-state index is 14.8. The molecule has 4 saturated heterocycles. The van der Waals surface area contributed by atoms with Gasteiger partial charge in [-0.3, -0.25) is 9.59 Å². The van der Waals surface area contributed by atoms with Crippen LogP contribution in [0.1, 0.15) is 99.8 Å². The number of amides is 2. The number of carboxylic acids is 1. The van der Waals surface area contributed by atoms with Gasteiger partial charge in [0.1, 0.15) is 127 Å². The summed E-state index contributed by atoms with van der Waals surface area (Å²) in [5, 5.41) is 178. The van der Waals surface area contributed by atoms with Crippen molar-refractivity contribution in [3.05, 3.63) is 119 Å². The number of benzene rings is 4. The fourth-order valence-electron chi connectivity index (χ4n) is 13.0. The van der Waals surface area contributed by atoms with E-state index in [4.69, 9.17) is 86.8 Å². The second-order valence-corrected chi connectivity index (χ2v) is 30.4. The van der Waals surface area contributed by atoms with Crippen molar-refractivity contribution in [2.75, 3.05) is 39.5 Å². The van der Waals surface area contributed by atoms with Gasteiger partial charge in [0.15, 0.2) is 0 Å². The minimum absolute atomic E-state index is 0.0431. The lowest BCUT2D eigenvalue weighted by atomic mass is 9.91. The molecule has 4 heterocycles. The summed E-state index contributed by atoms with van der Waals surface area (Å²) >= 11 is 23.0. The lowest BCUT2D eigenvalue weighted by Gasteiger charge is -2.40. The lowest BCUT2D eigenvalue weighted by Crippen LogP contribution is -2.60. The summed E-state index contributed by atoms with van der Waals surface area (Å²) in [6.07, 6.45) is -21.2. The van der Waals surface area contributed by atoms with Crippen LogP contribution in [0.4, 0.5) is 0 Å². The summed E-state index contributed by atoms with van der Waals surface area (Å²) in [6.45, 7) is 0.0251. The van der Waals surface area contributed by atoms with Crippen LogP contribution in [0.2, 0.25) is 0 Å². The summed E-state index contributed by atoms with van der Waals surface area (Å²) in [4.78, 5) is 44.2. The number of rotatable bonds is 42. The van der Waals surface area contributed by atoms with Gasteiger partial charge in [-0.25, -0.2) is 4.79 Å². The molecule has 4 aromatic carbocycles. The number of hydrogen-bond donors (Lipinski definition) is 21. The molecular formula is C76H105N5O27S4. The van der Waals surface area contributed by atoms with E-state index in [0.717, 1.165) is 21.6 Å². The van der Waals surface area contributed by atoms with Crippen LogP contribution in [0.5, 0.6) is 23.0 Å². The molecule has 23 atom stereocenters. The van der Waals surface area contributed by atoms with E-state index in [1.165, 1.54) is 0 Å². The standard InChI is InChI=1S/C76H105N5O27S4/c1-39-59(86)52(35-82)105-73(60(39)87)101-44-23-15-41(16-24-44)32-57(111)78-30-8-6-11-50(71(98)81-51(72(99)100)12-4-2-3-9-48(109)31-40-13-21-45(22-14-40)102-74-67(94)64(91)61(88)53(36-83)106-74)80-70(97)49(79-58(112)34-43-19-27-47(28-20-43)104-76-69(96)66(93)63(90)55(38-85)108-76)10-5-7-29-77-56(110)33-42-17-25-46(26-18-42)103-75-68(95)65(92)62(89)54(37-84)107-75/h13-28,39,49-55,59-69,73-76,82-96H,2-12,29-38H2,1H3,(H,77,110)(H,78,111)(H,79,112)(H,80,97)(H,81,98)(H,99,100). The van der Waals surface area contributed by atoms with Crippen LogP contribution in [-0.2, 0) is 59.0 Å². The summed E-state index contributed by atoms with van der Waals surface area (Å²) in [5.74, 6) is -2.14. The Labute approximate surface area is 669 Å².